The van der Waals surface area contributed by atoms with E-state index in [9.17, 15) is 18.8 Å². The van der Waals surface area contributed by atoms with Crippen LogP contribution in [-0.4, -0.2) is 38.0 Å². The summed E-state index contributed by atoms with van der Waals surface area (Å²) >= 11 is 1.38. The monoisotopic (exact) mass is 523 g/mol. The van der Waals surface area contributed by atoms with Crippen LogP contribution < -0.4 is 10.9 Å². The average molecular weight is 524 g/mol. The van der Waals surface area contributed by atoms with Crippen LogP contribution in [0.3, 0.4) is 0 Å². The van der Waals surface area contributed by atoms with Gasteiger partial charge in [-0.25, -0.2) is 18.5 Å². The van der Waals surface area contributed by atoms with Crippen molar-refractivity contribution in [3.63, 3.8) is 0 Å². The van der Waals surface area contributed by atoms with Gasteiger partial charge in [0.05, 0.1) is 29.7 Å². The summed E-state index contributed by atoms with van der Waals surface area (Å²) in [7, 11) is 0. The summed E-state index contributed by atoms with van der Waals surface area (Å²) in [4.78, 5) is 40.7. The minimum Gasteiger partial charge on any atom is -0.462 e. The van der Waals surface area contributed by atoms with Crippen molar-refractivity contribution in [3.05, 3.63) is 68.3 Å². The van der Waals surface area contributed by atoms with E-state index in [1.54, 1.807) is 20.8 Å². The van der Waals surface area contributed by atoms with Crippen molar-refractivity contribution < 1.29 is 18.7 Å². The standard InChI is InChI=1S/C26H26FN5O4S/c1-4-36-26(35)21-18-7-5-6-8-20(18)37-24(21)29-23(33)15(3)31-25(34)22-19(14(2)30-31)13-28-32(22)17-11-9-16(27)10-12-17/h9-13,15H,4-8H2,1-3H3,(H,29,33). The lowest BCUT2D eigenvalue weighted by molar-refractivity contribution is -0.119. The van der Waals surface area contributed by atoms with Crippen LogP contribution in [0.15, 0.2) is 35.3 Å². The number of fused-ring (bicyclic) bond motifs is 2. The molecule has 37 heavy (non-hydrogen) atoms. The number of carbonyl (C=O) groups is 2. The first-order valence-corrected chi connectivity index (χ1v) is 13.0. The fraction of sp³-hybridized carbons (Fsp3) is 0.346. The van der Waals surface area contributed by atoms with Crippen LogP contribution >= 0.6 is 11.3 Å². The zero-order valence-electron chi connectivity index (χ0n) is 20.7. The summed E-state index contributed by atoms with van der Waals surface area (Å²) in [6.07, 6.45) is 5.14. The third kappa shape index (κ3) is 4.43. The molecule has 1 amide bonds. The van der Waals surface area contributed by atoms with Crippen molar-refractivity contribution in [3.8, 4) is 5.69 Å². The molecular weight excluding hydrogens is 497 g/mol. The molecular formula is C26H26FN5O4S. The lowest BCUT2D eigenvalue weighted by Crippen LogP contribution is -2.34. The Balaban J connectivity index is 1.52. The van der Waals surface area contributed by atoms with Gasteiger partial charge in [-0.1, -0.05) is 0 Å². The minimum atomic E-state index is -0.985. The Bertz CT molecular complexity index is 1570. The Labute approximate surface area is 215 Å². The molecule has 0 radical (unpaired) electrons. The number of hydrogen-bond donors (Lipinski definition) is 1. The van der Waals surface area contributed by atoms with Gasteiger partial charge in [0.2, 0.25) is 5.91 Å². The molecule has 0 fully saturated rings. The van der Waals surface area contributed by atoms with E-state index in [2.05, 4.69) is 15.5 Å². The van der Waals surface area contributed by atoms with E-state index in [1.165, 1.54) is 46.5 Å². The largest absolute Gasteiger partial charge is 0.462 e. The van der Waals surface area contributed by atoms with Crippen molar-refractivity contribution in [1.82, 2.24) is 19.6 Å². The molecule has 0 saturated heterocycles. The molecule has 5 rings (SSSR count). The Morgan fingerprint density at radius 3 is 2.68 bits per heavy atom. The number of hydrogen-bond acceptors (Lipinski definition) is 7. The smallest absolute Gasteiger partial charge is 0.341 e. The van der Waals surface area contributed by atoms with E-state index in [1.807, 2.05) is 0 Å². The van der Waals surface area contributed by atoms with Crippen molar-refractivity contribution in [2.75, 3.05) is 11.9 Å². The SMILES string of the molecule is CCOC(=O)c1c(NC(=O)C(C)n2nc(C)c3cnn(-c4ccc(F)cc4)c3c2=O)sc2c1CCCC2. The Kier molecular flexibility index (Phi) is 6.63. The number of ether oxygens (including phenoxy) is 1. The van der Waals surface area contributed by atoms with Gasteiger partial charge < -0.3 is 10.1 Å². The highest BCUT2D eigenvalue weighted by molar-refractivity contribution is 7.17. The molecule has 1 N–H and O–H groups in total. The normalized spacial score (nSPS) is 13.8. The Hall–Kier alpha value is -3.86. The van der Waals surface area contributed by atoms with Gasteiger partial charge in [0.25, 0.3) is 5.56 Å². The summed E-state index contributed by atoms with van der Waals surface area (Å²) in [5, 5.41) is 12.5. The van der Waals surface area contributed by atoms with E-state index >= 15 is 0 Å². The highest BCUT2D eigenvalue weighted by Crippen LogP contribution is 2.39. The number of aromatic nitrogens is 4. The van der Waals surface area contributed by atoms with Crippen molar-refractivity contribution in [1.29, 1.82) is 0 Å². The molecule has 1 aliphatic rings. The molecule has 0 aliphatic heterocycles. The lowest BCUT2D eigenvalue weighted by atomic mass is 9.95. The Morgan fingerprint density at radius 2 is 1.95 bits per heavy atom. The number of nitrogens with one attached hydrogen (secondary N) is 1. The predicted molar refractivity (Wildman–Crippen MR) is 138 cm³/mol. The number of aryl methyl sites for hydroxylation is 2. The fourth-order valence-corrected chi connectivity index (χ4v) is 5.91. The van der Waals surface area contributed by atoms with Crippen LogP contribution in [0, 0.1) is 12.7 Å². The van der Waals surface area contributed by atoms with E-state index in [-0.39, 0.29) is 12.1 Å². The van der Waals surface area contributed by atoms with Gasteiger partial charge in [0.15, 0.2) is 0 Å². The molecule has 3 heterocycles. The van der Waals surface area contributed by atoms with E-state index < -0.39 is 29.3 Å². The van der Waals surface area contributed by atoms with Gasteiger partial charge in [-0.05, 0) is 76.3 Å². The third-order valence-electron chi connectivity index (χ3n) is 6.53. The second kappa shape index (κ2) is 9.89. The minimum absolute atomic E-state index is 0.230. The van der Waals surface area contributed by atoms with E-state index in [0.29, 0.717) is 27.3 Å². The maximum absolute atomic E-state index is 13.5. The van der Waals surface area contributed by atoms with E-state index in [4.69, 9.17) is 4.74 Å². The first kappa shape index (κ1) is 24.8. The van der Waals surface area contributed by atoms with Crippen LogP contribution in [0.1, 0.15) is 59.2 Å². The maximum Gasteiger partial charge on any atom is 0.341 e. The molecule has 3 aromatic heterocycles. The molecule has 0 saturated carbocycles. The molecule has 1 aromatic carbocycles. The van der Waals surface area contributed by atoms with Crippen molar-refractivity contribution in [2.45, 2.75) is 52.5 Å². The number of thiophene rings is 1. The van der Waals surface area contributed by atoms with E-state index in [0.717, 1.165) is 40.8 Å². The molecule has 1 unspecified atom stereocenters. The molecule has 11 heteroatoms. The van der Waals surface area contributed by atoms with Gasteiger partial charge in [0, 0.05) is 10.3 Å². The second-order valence-electron chi connectivity index (χ2n) is 8.93. The number of benzene rings is 1. The predicted octanol–water partition coefficient (Wildman–Crippen LogP) is 4.35. The van der Waals surface area contributed by atoms with Crippen LogP contribution in [0.4, 0.5) is 9.39 Å². The van der Waals surface area contributed by atoms with Crippen LogP contribution in [0.5, 0.6) is 0 Å². The lowest BCUT2D eigenvalue weighted by Gasteiger charge is -2.16. The number of carbonyl (C=O) groups excluding carboxylic acids is 2. The molecule has 4 aromatic rings. The van der Waals surface area contributed by atoms with Gasteiger partial charge in [-0.3, -0.25) is 9.59 Å². The quantitative estimate of drug-likeness (QED) is 0.377. The molecule has 0 spiro atoms. The molecule has 9 nitrogen and oxygen atoms in total. The van der Waals surface area contributed by atoms with Gasteiger partial charge in [-0.2, -0.15) is 10.2 Å². The second-order valence-corrected chi connectivity index (χ2v) is 10.0. The fourth-order valence-electron chi connectivity index (χ4n) is 4.63. The molecule has 1 aliphatic carbocycles. The van der Waals surface area contributed by atoms with Gasteiger partial charge in [0.1, 0.15) is 22.4 Å². The summed E-state index contributed by atoms with van der Waals surface area (Å²) in [6, 6.07) is 4.63. The number of rotatable bonds is 6. The third-order valence-corrected chi connectivity index (χ3v) is 7.74. The topological polar surface area (TPSA) is 108 Å². The summed E-state index contributed by atoms with van der Waals surface area (Å²) in [5.74, 6) is -1.34. The van der Waals surface area contributed by atoms with Crippen LogP contribution in [0.2, 0.25) is 0 Å². The van der Waals surface area contributed by atoms with Gasteiger partial charge in [-0.15, -0.1) is 11.3 Å². The number of halogens is 1. The van der Waals surface area contributed by atoms with Gasteiger partial charge >= 0.3 is 5.97 Å². The molecule has 1 atom stereocenters. The number of nitrogens with zero attached hydrogens (tertiary/aromatic N) is 4. The first-order chi connectivity index (χ1) is 17.8. The molecule has 192 valence electrons. The zero-order valence-corrected chi connectivity index (χ0v) is 21.5. The van der Waals surface area contributed by atoms with Crippen molar-refractivity contribution >= 4 is 39.1 Å². The highest BCUT2D eigenvalue weighted by Gasteiger charge is 2.29. The number of amides is 1. The summed E-state index contributed by atoms with van der Waals surface area (Å²) in [5.41, 5.74) is 2.09. The van der Waals surface area contributed by atoms with Crippen molar-refractivity contribution in [2.24, 2.45) is 0 Å². The highest BCUT2D eigenvalue weighted by atomic mass is 32.1. The maximum atomic E-state index is 13.5. The van der Waals surface area contributed by atoms with Crippen LogP contribution in [0.25, 0.3) is 16.6 Å². The first-order valence-electron chi connectivity index (χ1n) is 12.2. The summed E-state index contributed by atoms with van der Waals surface area (Å²) < 4.78 is 21.2. The number of esters is 1. The van der Waals surface area contributed by atoms with Crippen LogP contribution in [-0.2, 0) is 22.4 Å². The Morgan fingerprint density at radius 1 is 1.22 bits per heavy atom. The molecule has 0 bridgehead atoms. The summed E-state index contributed by atoms with van der Waals surface area (Å²) in [6.45, 7) is 5.27. The number of anilines is 1. The average Bonchev–Trinajstić information content (AvgIpc) is 3.49. The zero-order chi connectivity index (χ0) is 26.3.